The number of hydrogen-bond donors (Lipinski definition) is 0. The molecule has 2 atom stereocenters. The number of aromatic nitrogens is 2. The van der Waals surface area contributed by atoms with Crippen molar-refractivity contribution in [2.24, 2.45) is 5.92 Å². The molecule has 3 aromatic rings. The first-order valence-electron chi connectivity index (χ1n) is 11.6. The van der Waals surface area contributed by atoms with Gasteiger partial charge < -0.3 is 14.3 Å². The van der Waals surface area contributed by atoms with Gasteiger partial charge in [0.2, 0.25) is 17.6 Å². The van der Waals surface area contributed by atoms with E-state index in [0.29, 0.717) is 23.3 Å². The molecule has 4 rings (SSSR count). The van der Waals surface area contributed by atoms with Crippen LogP contribution in [0.4, 0.5) is 5.69 Å². The first kappa shape index (κ1) is 23.3. The third-order valence-electron chi connectivity index (χ3n) is 6.45. The Balaban J connectivity index is 1.48. The van der Waals surface area contributed by atoms with Crippen molar-refractivity contribution < 1.29 is 9.32 Å². The second-order valence-electron chi connectivity index (χ2n) is 8.86. The van der Waals surface area contributed by atoms with Crippen LogP contribution in [0.2, 0.25) is 5.02 Å². The lowest BCUT2D eigenvalue weighted by Gasteiger charge is -2.37. The van der Waals surface area contributed by atoms with Gasteiger partial charge in [-0.3, -0.25) is 4.79 Å². The van der Waals surface area contributed by atoms with E-state index in [0.717, 1.165) is 37.9 Å². The van der Waals surface area contributed by atoms with E-state index in [4.69, 9.17) is 16.1 Å². The lowest BCUT2D eigenvalue weighted by molar-refractivity contribution is -0.139. The molecule has 2 aromatic carbocycles. The number of benzene rings is 2. The van der Waals surface area contributed by atoms with Gasteiger partial charge in [0.15, 0.2) is 0 Å². The molecule has 1 fully saturated rings. The molecule has 174 valence electrons. The Morgan fingerprint density at radius 2 is 1.94 bits per heavy atom. The van der Waals surface area contributed by atoms with Crippen molar-refractivity contribution in [1.29, 1.82) is 0 Å². The van der Waals surface area contributed by atoms with Crippen LogP contribution in [-0.4, -0.2) is 40.1 Å². The highest BCUT2D eigenvalue weighted by atomic mass is 35.5. The highest BCUT2D eigenvalue weighted by Gasteiger charge is 2.32. The van der Waals surface area contributed by atoms with Gasteiger partial charge in [0.25, 0.3) is 0 Å². The van der Waals surface area contributed by atoms with Gasteiger partial charge in [0.1, 0.15) is 6.54 Å². The molecule has 0 aliphatic carbocycles. The lowest BCUT2D eigenvalue weighted by Crippen LogP contribution is -2.47. The standard InChI is InChI=1S/C26H31ClN4O2/c1-4-19(3)31(17-24-28-25(29-33-24)20-9-11-22(27)12-10-20)26(32)21-6-5-15-30(16-21)23-13-7-18(2)8-14-23/h7-14,19,21H,4-6,15-17H2,1-3H3/t19-,21-/m1/s1. The predicted octanol–water partition coefficient (Wildman–Crippen LogP) is 5.74. The summed E-state index contributed by atoms with van der Waals surface area (Å²) in [4.78, 5) is 22.4. The van der Waals surface area contributed by atoms with Gasteiger partial charge >= 0.3 is 0 Å². The molecular formula is C26H31ClN4O2. The van der Waals surface area contributed by atoms with E-state index in [1.165, 1.54) is 11.3 Å². The Morgan fingerprint density at radius 3 is 2.64 bits per heavy atom. The summed E-state index contributed by atoms with van der Waals surface area (Å²) >= 11 is 5.98. The molecule has 33 heavy (non-hydrogen) atoms. The van der Waals surface area contributed by atoms with Crippen molar-refractivity contribution in [3.05, 3.63) is 65.0 Å². The fourth-order valence-corrected chi connectivity index (χ4v) is 4.38. The fourth-order valence-electron chi connectivity index (χ4n) is 4.26. The van der Waals surface area contributed by atoms with Gasteiger partial charge in [0.05, 0.1) is 5.92 Å². The van der Waals surface area contributed by atoms with Gasteiger partial charge in [-0.05, 0) is 69.5 Å². The third-order valence-corrected chi connectivity index (χ3v) is 6.70. The Hall–Kier alpha value is -2.86. The SMILES string of the molecule is CC[C@@H](C)N(Cc1nc(-c2ccc(Cl)cc2)no1)C(=O)[C@@H]1CCCN(c2ccc(C)cc2)C1. The van der Waals surface area contributed by atoms with Crippen LogP contribution in [0.25, 0.3) is 11.4 Å². The van der Waals surface area contributed by atoms with Gasteiger partial charge in [0, 0.05) is 35.4 Å². The average molecular weight is 467 g/mol. The predicted molar refractivity (Wildman–Crippen MR) is 131 cm³/mol. The Labute approximate surface area is 200 Å². The van der Waals surface area contributed by atoms with Crippen molar-refractivity contribution in [1.82, 2.24) is 15.0 Å². The van der Waals surface area contributed by atoms with Crippen molar-refractivity contribution in [2.75, 3.05) is 18.0 Å². The molecule has 0 N–H and O–H groups in total. The topological polar surface area (TPSA) is 62.5 Å². The van der Waals surface area contributed by atoms with Gasteiger partial charge in [-0.2, -0.15) is 4.98 Å². The molecule has 0 unspecified atom stereocenters. The van der Waals surface area contributed by atoms with Gasteiger partial charge in [-0.25, -0.2) is 0 Å². The van der Waals surface area contributed by atoms with E-state index in [1.807, 2.05) is 17.0 Å². The fraction of sp³-hybridized carbons (Fsp3) is 0.423. The first-order chi connectivity index (χ1) is 15.9. The molecule has 0 bridgehead atoms. The number of carbonyl (C=O) groups is 1. The maximum absolute atomic E-state index is 13.6. The molecule has 1 amide bonds. The molecule has 1 aliphatic rings. The number of hydrogen-bond acceptors (Lipinski definition) is 5. The maximum atomic E-state index is 13.6. The van der Waals surface area contributed by atoms with Gasteiger partial charge in [-0.1, -0.05) is 41.4 Å². The van der Waals surface area contributed by atoms with Crippen LogP contribution in [0.3, 0.4) is 0 Å². The second-order valence-corrected chi connectivity index (χ2v) is 9.30. The molecule has 2 heterocycles. The number of halogens is 1. The maximum Gasteiger partial charge on any atom is 0.246 e. The van der Waals surface area contributed by atoms with E-state index < -0.39 is 0 Å². The van der Waals surface area contributed by atoms with Crippen molar-refractivity contribution in [3.63, 3.8) is 0 Å². The summed E-state index contributed by atoms with van der Waals surface area (Å²) in [5, 5.41) is 4.77. The molecule has 0 saturated carbocycles. The number of piperidine rings is 1. The molecule has 1 saturated heterocycles. The normalized spacial score (nSPS) is 17.1. The van der Waals surface area contributed by atoms with E-state index in [9.17, 15) is 4.79 Å². The summed E-state index contributed by atoms with van der Waals surface area (Å²) in [5.41, 5.74) is 3.25. The largest absolute Gasteiger partial charge is 0.371 e. The Bertz CT molecular complexity index is 1060. The first-order valence-corrected chi connectivity index (χ1v) is 12.0. The van der Waals surface area contributed by atoms with E-state index in [1.54, 1.807) is 12.1 Å². The molecule has 0 spiro atoms. The zero-order valence-corrected chi connectivity index (χ0v) is 20.3. The molecule has 1 aromatic heterocycles. The summed E-state index contributed by atoms with van der Waals surface area (Å²) in [7, 11) is 0. The summed E-state index contributed by atoms with van der Waals surface area (Å²) in [6.45, 7) is 8.28. The minimum atomic E-state index is -0.0484. The summed E-state index contributed by atoms with van der Waals surface area (Å²) in [6, 6.07) is 15.9. The van der Waals surface area contributed by atoms with Crippen LogP contribution in [0.1, 0.15) is 44.6 Å². The summed E-state index contributed by atoms with van der Waals surface area (Å²) in [5.74, 6) is 1.06. The van der Waals surface area contributed by atoms with E-state index >= 15 is 0 Å². The van der Waals surface area contributed by atoms with Gasteiger partial charge in [-0.15, -0.1) is 0 Å². The van der Waals surface area contributed by atoms with Crippen LogP contribution in [0.5, 0.6) is 0 Å². The second kappa shape index (κ2) is 10.4. The molecular weight excluding hydrogens is 436 g/mol. The van der Waals surface area contributed by atoms with Crippen LogP contribution in [0, 0.1) is 12.8 Å². The summed E-state index contributed by atoms with van der Waals surface area (Å²) < 4.78 is 5.52. The van der Waals surface area contributed by atoms with Crippen LogP contribution in [-0.2, 0) is 11.3 Å². The number of aryl methyl sites for hydroxylation is 1. The highest BCUT2D eigenvalue weighted by molar-refractivity contribution is 6.30. The minimum absolute atomic E-state index is 0.0484. The lowest BCUT2D eigenvalue weighted by atomic mass is 9.95. The number of anilines is 1. The van der Waals surface area contributed by atoms with Crippen LogP contribution >= 0.6 is 11.6 Å². The Morgan fingerprint density at radius 1 is 1.21 bits per heavy atom. The molecule has 1 aliphatic heterocycles. The number of carbonyl (C=O) groups excluding carboxylic acids is 1. The zero-order valence-electron chi connectivity index (χ0n) is 19.5. The van der Waals surface area contributed by atoms with Crippen molar-refractivity contribution >= 4 is 23.2 Å². The number of amides is 1. The highest BCUT2D eigenvalue weighted by Crippen LogP contribution is 2.27. The Kier molecular flexibility index (Phi) is 7.33. The molecule has 7 heteroatoms. The van der Waals surface area contributed by atoms with E-state index in [2.05, 4.69) is 60.1 Å². The molecule has 6 nitrogen and oxygen atoms in total. The zero-order chi connectivity index (χ0) is 23.4. The van der Waals surface area contributed by atoms with Crippen LogP contribution in [0.15, 0.2) is 53.1 Å². The number of nitrogens with zero attached hydrogens (tertiary/aromatic N) is 4. The smallest absolute Gasteiger partial charge is 0.246 e. The monoisotopic (exact) mass is 466 g/mol. The third kappa shape index (κ3) is 5.56. The van der Waals surface area contributed by atoms with Crippen LogP contribution < -0.4 is 4.90 Å². The summed E-state index contributed by atoms with van der Waals surface area (Å²) in [6.07, 6.45) is 2.76. The van der Waals surface area contributed by atoms with E-state index in [-0.39, 0.29) is 17.9 Å². The average Bonchev–Trinajstić information content (AvgIpc) is 3.31. The van der Waals surface area contributed by atoms with Crippen molar-refractivity contribution in [2.45, 2.75) is 52.6 Å². The number of rotatable bonds is 7. The minimum Gasteiger partial charge on any atom is -0.371 e. The van der Waals surface area contributed by atoms with Crippen molar-refractivity contribution in [3.8, 4) is 11.4 Å². The molecule has 0 radical (unpaired) electrons. The quantitative estimate of drug-likeness (QED) is 0.444.